The quantitative estimate of drug-likeness (QED) is 0.128. The fourth-order valence-corrected chi connectivity index (χ4v) is 5.79. The third-order valence-corrected chi connectivity index (χ3v) is 8.01. The van der Waals surface area contributed by atoms with Gasteiger partial charge in [0.15, 0.2) is 0 Å². The summed E-state index contributed by atoms with van der Waals surface area (Å²) in [7, 11) is 0. The van der Waals surface area contributed by atoms with Crippen LogP contribution in [0, 0.1) is 10.1 Å². The van der Waals surface area contributed by atoms with E-state index < -0.39 is 0 Å². The standard InChI is InChI=1S/C35H27N3O2/c1-2-23-8-10-27(11-9-23)33-35-34(28-16-19-30(20-17-28)38(39)40)37(35)32-21-18-29(22-31(32)36-33)26-14-12-25(13-15-26)24-6-4-3-5-7-24/h3-22,34-35H,2H2,1H3. The number of anilines is 1. The molecule has 40 heavy (non-hydrogen) atoms. The smallest absolute Gasteiger partial charge is 0.269 e. The summed E-state index contributed by atoms with van der Waals surface area (Å²) in [5.74, 6) is 0. The van der Waals surface area contributed by atoms with Crippen LogP contribution in [-0.2, 0) is 6.42 Å². The molecule has 7 rings (SSSR count). The average Bonchev–Trinajstić information content (AvgIpc) is 3.77. The third kappa shape index (κ3) is 4.16. The summed E-state index contributed by atoms with van der Waals surface area (Å²) in [5, 5.41) is 11.2. The molecule has 2 atom stereocenters. The lowest BCUT2D eigenvalue weighted by atomic mass is 9.98. The van der Waals surface area contributed by atoms with Gasteiger partial charge >= 0.3 is 0 Å². The van der Waals surface area contributed by atoms with E-state index in [0.29, 0.717) is 0 Å². The van der Waals surface area contributed by atoms with Gasteiger partial charge in [-0.25, -0.2) is 4.99 Å². The summed E-state index contributed by atoms with van der Waals surface area (Å²) in [5.41, 5.74) is 11.3. The van der Waals surface area contributed by atoms with Gasteiger partial charge in [0.05, 0.1) is 34.1 Å². The molecule has 0 saturated carbocycles. The predicted octanol–water partition coefficient (Wildman–Crippen LogP) is 8.56. The molecule has 1 fully saturated rings. The van der Waals surface area contributed by atoms with Crippen LogP contribution in [0.5, 0.6) is 0 Å². The Bertz CT molecular complexity index is 1740. The van der Waals surface area contributed by atoms with E-state index in [1.807, 2.05) is 18.2 Å². The van der Waals surface area contributed by atoms with Crippen molar-refractivity contribution in [2.75, 3.05) is 4.90 Å². The molecule has 0 amide bonds. The Morgan fingerprint density at radius 2 is 1.30 bits per heavy atom. The summed E-state index contributed by atoms with van der Waals surface area (Å²) in [6, 6.07) is 41.4. The number of aryl methyl sites for hydroxylation is 1. The summed E-state index contributed by atoms with van der Waals surface area (Å²) >= 11 is 0. The van der Waals surface area contributed by atoms with Gasteiger partial charge in [-0.05, 0) is 57.5 Å². The minimum atomic E-state index is -0.352. The fourth-order valence-electron chi connectivity index (χ4n) is 5.79. The molecule has 2 unspecified atom stereocenters. The van der Waals surface area contributed by atoms with E-state index >= 15 is 0 Å². The summed E-state index contributed by atoms with van der Waals surface area (Å²) in [6.45, 7) is 2.16. The molecule has 0 radical (unpaired) electrons. The van der Waals surface area contributed by atoms with Gasteiger partial charge in [-0.15, -0.1) is 0 Å². The first-order valence-corrected chi connectivity index (χ1v) is 13.6. The molecule has 0 aromatic heterocycles. The van der Waals surface area contributed by atoms with Crippen LogP contribution in [0.2, 0.25) is 0 Å². The van der Waals surface area contributed by atoms with Crippen molar-refractivity contribution in [1.82, 2.24) is 0 Å². The lowest BCUT2D eigenvalue weighted by molar-refractivity contribution is -0.384. The molecule has 0 spiro atoms. The Morgan fingerprint density at radius 1 is 0.700 bits per heavy atom. The molecular weight excluding hydrogens is 494 g/mol. The molecule has 2 heterocycles. The van der Waals surface area contributed by atoms with Gasteiger partial charge < -0.3 is 4.90 Å². The Labute approximate surface area is 233 Å². The van der Waals surface area contributed by atoms with Gasteiger partial charge in [0.1, 0.15) is 0 Å². The summed E-state index contributed by atoms with van der Waals surface area (Å²) < 4.78 is 0. The topological polar surface area (TPSA) is 58.5 Å². The van der Waals surface area contributed by atoms with Crippen LogP contribution in [0.25, 0.3) is 22.3 Å². The summed E-state index contributed by atoms with van der Waals surface area (Å²) in [4.78, 5) is 18.5. The summed E-state index contributed by atoms with van der Waals surface area (Å²) in [6.07, 6.45) is 0.989. The van der Waals surface area contributed by atoms with Gasteiger partial charge in [0.25, 0.3) is 5.69 Å². The van der Waals surface area contributed by atoms with Crippen molar-refractivity contribution in [1.29, 1.82) is 0 Å². The number of fused-ring (bicyclic) bond motifs is 3. The van der Waals surface area contributed by atoms with E-state index in [9.17, 15) is 10.1 Å². The molecule has 0 bridgehead atoms. The van der Waals surface area contributed by atoms with Crippen LogP contribution < -0.4 is 4.90 Å². The van der Waals surface area contributed by atoms with Crippen molar-refractivity contribution in [3.63, 3.8) is 0 Å². The first kappa shape index (κ1) is 24.0. The number of aliphatic imine (C=N–C) groups is 1. The van der Waals surface area contributed by atoms with E-state index in [-0.39, 0.29) is 22.7 Å². The van der Waals surface area contributed by atoms with Crippen molar-refractivity contribution in [3.8, 4) is 22.3 Å². The third-order valence-electron chi connectivity index (χ3n) is 8.01. The van der Waals surface area contributed by atoms with Crippen molar-refractivity contribution < 1.29 is 4.92 Å². The number of non-ortho nitro benzene ring substituents is 1. The second kappa shape index (κ2) is 9.62. The van der Waals surface area contributed by atoms with E-state index in [2.05, 4.69) is 103 Å². The first-order chi connectivity index (χ1) is 19.6. The van der Waals surface area contributed by atoms with Crippen LogP contribution in [0.15, 0.2) is 126 Å². The highest BCUT2D eigenvalue weighted by atomic mass is 16.6. The lowest BCUT2D eigenvalue weighted by Gasteiger charge is -2.18. The Balaban J connectivity index is 1.27. The molecule has 2 aliphatic rings. The van der Waals surface area contributed by atoms with Gasteiger partial charge in [-0.3, -0.25) is 10.1 Å². The molecular formula is C35H27N3O2. The zero-order valence-corrected chi connectivity index (χ0v) is 22.1. The molecule has 5 nitrogen and oxygen atoms in total. The van der Waals surface area contributed by atoms with Gasteiger partial charge in [-0.2, -0.15) is 0 Å². The van der Waals surface area contributed by atoms with E-state index in [0.717, 1.165) is 45.8 Å². The van der Waals surface area contributed by atoms with E-state index in [1.165, 1.54) is 16.7 Å². The first-order valence-electron chi connectivity index (χ1n) is 13.6. The maximum absolute atomic E-state index is 11.2. The SMILES string of the molecule is CCc1ccc(C2=Nc3cc(-c4ccc(-c5ccccc5)cc4)ccc3N3C2C3c2ccc([N+](=O)[O-])cc2)cc1. The number of nitrogens with zero attached hydrogens (tertiary/aromatic N) is 3. The highest BCUT2D eigenvalue weighted by Gasteiger charge is 2.54. The monoisotopic (exact) mass is 521 g/mol. The molecule has 0 N–H and O–H groups in total. The van der Waals surface area contributed by atoms with Crippen molar-refractivity contribution >= 4 is 22.8 Å². The normalized spacial score (nSPS) is 17.0. The highest BCUT2D eigenvalue weighted by Crippen LogP contribution is 2.55. The number of nitro benzene ring substituents is 1. The lowest BCUT2D eigenvalue weighted by Crippen LogP contribution is -2.17. The molecule has 1 saturated heterocycles. The van der Waals surface area contributed by atoms with Gasteiger partial charge in [0.2, 0.25) is 0 Å². The number of nitro groups is 1. The molecule has 5 aromatic rings. The largest absolute Gasteiger partial charge is 0.349 e. The zero-order chi connectivity index (χ0) is 27.2. The molecule has 2 aliphatic heterocycles. The number of benzene rings is 5. The zero-order valence-electron chi connectivity index (χ0n) is 22.1. The van der Waals surface area contributed by atoms with Gasteiger partial charge in [-0.1, -0.05) is 104 Å². The van der Waals surface area contributed by atoms with E-state index in [4.69, 9.17) is 4.99 Å². The van der Waals surface area contributed by atoms with Crippen LogP contribution in [-0.4, -0.2) is 16.7 Å². The van der Waals surface area contributed by atoms with Crippen LogP contribution >= 0.6 is 0 Å². The Hall–Kier alpha value is -5.03. The second-order valence-electron chi connectivity index (χ2n) is 10.3. The fraction of sp³-hybridized carbons (Fsp3) is 0.114. The number of hydrogen-bond acceptors (Lipinski definition) is 4. The van der Waals surface area contributed by atoms with Crippen molar-refractivity contribution in [2.24, 2.45) is 4.99 Å². The molecule has 194 valence electrons. The van der Waals surface area contributed by atoms with Crippen LogP contribution in [0.3, 0.4) is 0 Å². The van der Waals surface area contributed by atoms with Crippen LogP contribution in [0.4, 0.5) is 17.1 Å². The van der Waals surface area contributed by atoms with Gasteiger partial charge in [0, 0.05) is 12.1 Å². The maximum atomic E-state index is 11.2. The molecule has 5 aromatic carbocycles. The second-order valence-corrected chi connectivity index (χ2v) is 10.3. The van der Waals surface area contributed by atoms with Crippen molar-refractivity contribution in [3.05, 3.63) is 148 Å². The predicted molar refractivity (Wildman–Crippen MR) is 161 cm³/mol. The molecule has 0 aliphatic carbocycles. The minimum absolute atomic E-state index is 0.0858. The van der Waals surface area contributed by atoms with Crippen molar-refractivity contribution in [2.45, 2.75) is 25.4 Å². The van der Waals surface area contributed by atoms with E-state index in [1.54, 1.807) is 12.1 Å². The Kier molecular flexibility index (Phi) is 5.78. The number of hydrogen-bond donors (Lipinski definition) is 0. The maximum Gasteiger partial charge on any atom is 0.269 e. The number of rotatable bonds is 6. The Morgan fingerprint density at radius 3 is 1.95 bits per heavy atom. The van der Waals surface area contributed by atoms with Crippen LogP contribution in [0.1, 0.15) is 29.7 Å². The minimum Gasteiger partial charge on any atom is -0.349 e. The highest BCUT2D eigenvalue weighted by molar-refractivity contribution is 6.14. The average molecular weight is 522 g/mol. The molecule has 5 heteroatoms.